The lowest BCUT2D eigenvalue weighted by Crippen LogP contribution is -2.34. The normalized spacial score (nSPS) is 17.3. The summed E-state index contributed by atoms with van der Waals surface area (Å²) in [5.41, 5.74) is -0.251. The highest BCUT2D eigenvalue weighted by molar-refractivity contribution is 5.98. The molecule has 1 fully saturated rings. The van der Waals surface area contributed by atoms with Gasteiger partial charge in [-0.3, -0.25) is 4.79 Å². The minimum absolute atomic E-state index is 0.195. The Labute approximate surface area is 126 Å². The molecule has 0 unspecified atom stereocenters. The van der Waals surface area contributed by atoms with Crippen LogP contribution in [-0.2, 0) is 4.79 Å². The van der Waals surface area contributed by atoms with Gasteiger partial charge in [-0.2, -0.15) is 5.26 Å². The van der Waals surface area contributed by atoms with Gasteiger partial charge in [0.25, 0.3) is 0 Å². The molecule has 0 radical (unpaired) electrons. The van der Waals surface area contributed by atoms with Gasteiger partial charge < -0.3 is 10.1 Å². The number of amides is 1. The van der Waals surface area contributed by atoms with Gasteiger partial charge in [-0.05, 0) is 31.9 Å². The smallest absolute Gasteiger partial charge is 0.244 e. The van der Waals surface area contributed by atoms with Crippen molar-refractivity contribution in [1.82, 2.24) is 0 Å². The molecule has 2 rings (SSSR count). The number of nitrogens with zero attached hydrogens (tertiary/aromatic N) is 1. The lowest BCUT2D eigenvalue weighted by molar-refractivity contribution is -0.123. The van der Waals surface area contributed by atoms with Gasteiger partial charge in [0.05, 0.1) is 18.4 Å². The number of benzene rings is 1. The van der Waals surface area contributed by atoms with Crippen LogP contribution in [0.25, 0.3) is 0 Å². The zero-order valence-electron chi connectivity index (χ0n) is 12.5. The molecular formula is C17H22N2O2. The van der Waals surface area contributed by atoms with Crippen molar-refractivity contribution in [3.05, 3.63) is 24.3 Å². The van der Waals surface area contributed by atoms with Crippen LogP contribution in [-0.4, -0.2) is 12.5 Å². The van der Waals surface area contributed by atoms with Gasteiger partial charge in [-0.15, -0.1) is 0 Å². The standard InChI is InChI=1S/C17H22N2O2/c1-2-21-15-10-6-5-9-14(15)19-16(20)17(13-18)11-7-3-4-8-12-17/h5-6,9-10H,2-4,7-8,11-12H2,1H3,(H,19,20). The maximum atomic E-state index is 12.6. The van der Waals surface area contributed by atoms with Gasteiger partial charge in [0.2, 0.25) is 5.91 Å². The van der Waals surface area contributed by atoms with E-state index in [-0.39, 0.29) is 5.91 Å². The zero-order valence-corrected chi connectivity index (χ0v) is 12.5. The molecule has 0 heterocycles. The van der Waals surface area contributed by atoms with Crippen LogP contribution in [0.1, 0.15) is 45.4 Å². The Hall–Kier alpha value is -2.02. The fourth-order valence-electron chi connectivity index (χ4n) is 2.81. The molecular weight excluding hydrogens is 264 g/mol. The summed E-state index contributed by atoms with van der Waals surface area (Å²) in [6.45, 7) is 2.44. The Morgan fingerprint density at radius 1 is 1.29 bits per heavy atom. The fourth-order valence-corrected chi connectivity index (χ4v) is 2.81. The Morgan fingerprint density at radius 3 is 2.57 bits per heavy atom. The molecule has 1 aromatic carbocycles. The van der Waals surface area contributed by atoms with Gasteiger partial charge in [0, 0.05) is 0 Å². The molecule has 0 saturated heterocycles. The molecule has 21 heavy (non-hydrogen) atoms. The Balaban J connectivity index is 2.18. The summed E-state index contributed by atoms with van der Waals surface area (Å²) in [6.07, 6.45) is 5.37. The SMILES string of the molecule is CCOc1ccccc1NC(=O)C1(C#N)CCCCCC1. The minimum Gasteiger partial charge on any atom is -0.492 e. The van der Waals surface area contributed by atoms with E-state index < -0.39 is 5.41 Å². The third kappa shape index (κ3) is 3.55. The summed E-state index contributed by atoms with van der Waals surface area (Å²) in [4.78, 5) is 12.6. The van der Waals surface area contributed by atoms with E-state index in [1.807, 2.05) is 31.2 Å². The van der Waals surface area contributed by atoms with Crippen LogP contribution in [0.5, 0.6) is 5.75 Å². The highest BCUT2D eigenvalue weighted by Crippen LogP contribution is 2.36. The number of nitriles is 1. The van der Waals surface area contributed by atoms with Crippen molar-refractivity contribution >= 4 is 11.6 Å². The first kappa shape index (κ1) is 15.4. The number of nitrogens with one attached hydrogen (secondary N) is 1. The first-order valence-electron chi connectivity index (χ1n) is 7.66. The number of rotatable bonds is 4. The second-order valence-corrected chi connectivity index (χ2v) is 5.49. The third-order valence-corrected chi connectivity index (χ3v) is 4.04. The molecule has 1 aliphatic carbocycles. The lowest BCUT2D eigenvalue weighted by Gasteiger charge is -2.24. The second kappa shape index (κ2) is 7.12. The monoisotopic (exact) mass is 286 g/mol. The number of carbonyl (C=O) groups excluding carboxylic acids is 1. The predicted molar refractivity (Wildman–Crippen MR) is 82.0 cm³/mol. The number of carbonyl (C=O) groups is 1. The summed E-state index contributed by atoms with van der Waals surface area (Å²) < 4.78 is 5.52. The molecule has 1 saturated carbocycles. The molecule has 4 nitrogen and oxygen atoms in total. The Bertz CT molecular complexity index is 526. The van der Waals surface area contributed by atoms with Crippen LogP contribution in [0, 0.1) is 16.7 Å². The van der Waals surface area contributed by atoms with Crippen molar-refractivity contribution in [3.63, 3.8) is 0 Å². The summed E-state index contributed by atoms with van der Waals surface area (Å²) in [5, 5.41) is 12.4. The van der Waals surface area contributed by atoms with Crippen molar-refractivity contribution < 1.29 is 9.53 Å². The first-order chi connectivity index (χ1) is 10.2. The van der Waals surface area contributed by atoms with Crippen molar-refractivity contribution in [2.45, 2.75) is 45.4 Å². The Kier molecular flexibility index (Phi) is 5.21. The fraction of sp³-hybridized carbons (Fsp3) is 0.529. The van der Waals surface area contributed by atoms with Crippen molar-refractivity contribution in [3.8, 4) is 11.8 Å². The number of hydrogen-bond donors (Lipinski definition) is 1. The first-order valence-corrected chi connectivity index (χ1v) is 7.66. The molecule has 1 N–H and O–H groups in total. The quantitative estimate of drug-likeness (QED) is 0.854. The van der Waals surface area contributed by atoms with E-state index in [1.54, 1.807) is 0 Å². The number of hydrogen-bond acceptors (Lipinski definition) is 3. The highest BCUT2D eigenvalue weighted by Gasteiger charge is 2.39. The van der Waals surface area contributed by atoms with Crippen LogP contribution in [0.3, 0.4) is 0 Å². The van der Waals surface area contributed by atoms with E-state index in [0.717, 1.165) is 25.7 Å². The van der Waals surface area contributed by atoms with Crippen LogP contribution in [0.15, 0.2) is 24.3 Å². The molecule has 0 atom stereocenters. The van der Waals surface area contributed by atoms with Gasteiger partial charge in [0.15, 0.2) is 0 Å². The van der Waals surface area contributed by atoms with E-state index in [2.05, 4.69) is 11.4 Å². The molecule has 1 aromatic rings. The molecule has 1 aliphatic rings. The van der Waals surface area contributed by atoms with E-state index in [4.69, 9.17) is 4.74 Å². The van der Waals surface area contributed by atoms with Crippen LogP contribution < -0.4 is 10.1 Å². The van der Waals surface area contributed by atoms with E-state index in [0.29, 0.717) is 30.9 Å². The van der Waals surface area contributed by atoms with E-state index >= 15 is 0 Å². The van der Waals surface area contributed by atoms with Crippen molar-refractivity contribution in [2.24, 2.45) is 5.41 Å². The largest absolute Gasteiger partial charge is 0.492 e. The maximum Gasteiger partial charge on any atom is 0.244 e. The molecule has 112 valence electrons. The topological polar surface area (TPSA) is 62.1 Å². The highest BCUT2D eigenvalue weighted by atomic mass is 16.5. The van der Waals surface area contributed by atoms with Gasteiger partial charge in [-0.1, -0.05) is 37.8 Å². The zero-order chi connectivity index (χ0) is 15.1. The summed E-state index contributed by atoms with van der Waals surface area (Å²) in [7, 11) is 0. The average molecular weight is 286 g/mol. The number of ether oxygens (including phenoxy) is 1. The molecule has 0 aliphatic heterocycles. The number of para-hydroxylation sites is 2. The summed E-state index contributed by atoms with van der Waals surface area (Å²) in [6, 6.07) is 9.63. The van der Waals surface area contributed by atoms with E-state index in [9.17, 15) is 10.1 Å². The van der Waals surface area contributed by atoms with Crippen LogP contribution >= 0.6 is 0 Å². The predicted octanol–water partition coefficient (Wildman–Crippen LogP) is 3.89. The third-order valence-electron chi connectivity index (χ3n) is 4.04. The molecule has 1 amide bonds. The average Bonchev–Trinajstić information content (AvgIpc) is 2.76. The van der Waals surface area contributed by atoms with Gasteiger partial charge in [0.1, 0.15) is 11.2 Å². The van der Waals surface area contributed by atoms with Gasteiger partial charge >= 0.3 is 0 Å². The molecule has 0 spiro atoms. The molecule has 4 heteroatoms. The minimum atomic E-state index is -0.893. The van der Waals surface area contributed by atoms with Gasteiger partial charge in [-0.25, -0.2) is 0 Å². The second-order valence-electron chi connectivity index (χ2n) is 5.49. The molecule has 0 bridgehead atoms. The summed E-state index contributed by atoms with van der Waals surface area (Å²) >= 11 is 0. The summed E-state index contributed by atoms with van der Waals surface area (Å²) in [5.74, 6) is 0.453. The van der Waals surface area contributed by atoms with Crippen molar-refractivity contribution in [2.75, 3.05) is 11.9 Å². The van der Waals surface area contributed by atoms with Crippen LogP contribution in [0.2, 0.25) is 0 Å². The Morgan fingerprint density at radius 2 is 1.95 bits per heavy atom. The molecule has 0 aromatic heterocycles. The maximum absolute atomic E-state index is 12.6. The van der Waals surface area contributed by atoms with Crippen molar-refractivity contribution in [1.29, 1.82) is 5.26 Å². The van der Waals surface area contributed by atoms with E-state index in [1.165, 1.54) is 0 Å². The van der Waals surface area contributed by atoms with Crippen LogP contribution in [0.4, 0.5) is 5.69 Å². The lowest BCUT2D eigenvalue weighted by atomic mass is 9.81. The number of anilines is 1.